The van der Waals surface area contributed by atoms with Crippen molar-refractivity contribution >= 4 is 16.9 Å². The number of ether oxygens (including phenoxy) is 7. The third kappa shape index (κ3) is 4.92. The lowest BCUT2D eigenvalue weighted by molar-refractivity contribution is -0.231. The number of nitrogens with zero attached hydrogens (tertiary/aromatic N) is 2. The van der Waals surface area contributed by atoms with Crippen molar-refractivity contribution in [3.8, 4) is 11.5 Å². The minimum atomic E-state index is -0.950. The second-order valence-corrected chi connectivity index (χ2v) is 11.1. The Morgan fingerprint density at radius 3 is 2.40 bits per heavy atom. The molecule has 40 heavy (non-hydrogen) atoms. The van der Waals surface area contributed by atoms with Crippen LogP contribution in [-0.2, 0) is 41.6 Å². The number of nitrogens with one attached hydrogen (secondary N) is 1. The highest BCUT2D eigenvalue weighted by molar-refractivity contribution is 5.82. The fourth-order valence-corrected chi connectivity index (χ4v) is 5.69. The summed E-state index contributed by atoms with van der Waals surface area (Å²) in [4.78, 5) is 18.4. The van der Waals surface area contributed by atoms with E-state index in [0.29, 0.717) is 23.9 Å². The van der Waals surface area contributed by atoms with Gasteiger partial charge in [0.2, 0.25) is 0 Å². The van der Waals surface area contributed by atoms with E-state index in [1.165, 1.54) is 0 Å². The van der Waals surface area contributed by atoms with Crippen LogP contribution in [0.1, 0.15) is 39.1 Å². The zero-order chi connectivity index (χ0) is 28.2. The molecular formula is C29H35N3O8. The van der Waals surface area contributed by atoms with Crippen LogP contribution in [0.2, 0.25) is 0 Å². The van der Waals surface area contributed by atoms with E-state index in [1.54, 1.807) is 14.2 Å². The summed E-state index contributed by atoms with van der Waals surface area (Å²) in [6.07, 6.45) is -3.37. The van der Waals surface area contributed by atoms with Crippen molar-refractivity contribution in [2.45, 2.75) is 83.1 Å². The van der Waals surface area contributed by atoms with Crippen molar-refractivity contribution in [3.05, 3.63) is 53.9 Å². The summed E-state index contributed by atoms with van der Waals surface area (Å²) in [7, 11) is 3.22. The standard InChI is InChI=1S/C29H35N3O8/c1-28(2)37-22-23(38-28)25-27(40-29(3,4)39-25)36-24(22)26(33)30-14-21-31-17-9-7-8-10-18(17)32(21)15-16-11-12-19(34-5)20(13-16)35-6/h7-13,22-25,27H,14-15H2,1-6H3,(H,30,33)/t22-,23+,24+,25-,27-/m1/s1. The number of hydrogen-bond acceptors (Lipinski definition) is 9. The van der Waals surface area contributed by atoms with Gasteiger partial charge in [-0.3, -0.25) is 4.79 Å². The van der Waals surface area contributed by atoms with Crippen molar-refractivity contribution in [2.24, 2.45) is 0 Å². The van der Waals surface area contributed by atoms with Gasteiger partial charge >= 0.3 is 0 Å². The number of fused-ring (bicyclic) bond motifs is 4. The number of para-hydroxylation sites is 2. The number of amides is 1. The van der Waals surface area contributed by atoms with E-state index < -0.39 is 42.3 Å². The molecule has 1 amide bonds. The van der Waals surface area contributed by atoms with E-state index in [0.717, 1.165) is 16.6 Å². The molecule has 3 aliphatic rings. The van der Waals surface area contributed by atoms with E-state index in [9.17, 15) is 4.79 Å². The predicted molar refractivity (Wildman–Crippen MR) is 143 cm³/mol. The first-order valence-corrected chi connectivity index (χ1v) is 13.4. The summed E-state index contributed by atoms with van der Waals surface area (Å²) in [5.74, 6) is -0.104. The Bertz CT molecular complexity index is 1420. The molecule has 1 aromatic heterocycles. The highest BCUT2D eigenvalue weighted by atomic mass is 16.9. The summed E-state index contributed by atoms with van der Waals surface area (Å²) >= 11 is 0. The zero-order valence-corrected chi connectivity index (χ0v) is 23.5. The Morgan fingerprint density at radius 1 is 0.925 bits per heavy atom. The smallest absolute Gasteiger partial charge is 0.252 e. The van der Waals surface area contributed by atoms with Crippen LogP contribution in [0.25, 0.3) is 11.0 Å². The molecule has 0 unspecified atom stereocenters. The van der Waals surface area contributed by atoms with E-state index in [1.807, 2.05) is 70.2 Å². The minimum Gasteiger partial charge on any atom is -0.493 e. The van der Waals surface area contributed by atoms with Crippen LogP contribution in [0.15, 0.2) is 42.5 Å². The van der Waals surface area contributed by atoms with Gasteiger partial charge in [0.25, 0.3) is 5.91 Å². The molecule has 0 radical (unpaired) electrons. The lowest BCUT2D eigenvalue weighted by atomic mass is 9.98. The molecule has 0 bridgehead atoms. The summed E-state index contributed by atoms with van der Waals surface area (Å²) in [6.45, 7) is 7.94. The Kier molecular flexibility index (Phi) is 6.75. The van der Waals surface area contributed by atoms with Gasteiger partial charge in [-0.15, -0.1) is 0 Å². The topological polar surface area (TPSA) is 112 Å². The number of carbonyl (C=O) groups is 1. The van der Waals surface area contributed by atoms with Gasteiger partial charge in [-0.25, -0.2) is 4.98 Å². The molecule has 4 heterocycles. The SMILES string of the molecule is COc1ccc(Cn2c(CNC(=O)[C@H]3O[C@@H]4OC(C)(C)O[C@@H]4[C@H]4OC(C)(C)O[C@H]43)nc3ccccc32)cc1OC. The molecule has 11 heteroatoms. The average Bonchev–Trinajstić information content (AvgIpc) is 3.55. The van der Waals surface area contributed by atoms with E-state index >= 15 is 0 Å². The first kappa shape index (κ1) is 27.0. The maximum atomic E-state index is 13.6. The van der Waals surface area contributed by atoms with Crippen LogP contribution in [0.5, 0.6) is 11.5 Å². The molecule has 0 spiro atoms. The summed E-state index contributed by atoms with van der Waals surface area (Å²) in [6, 6.07) is 13.7. The van der Waals surface area contributed by atoms with Gasteiger partial charge < -0.3 is 43.0 Å². The average molecular weight is 554 g/mol. The van der Waals surface area contributed by atoms with Gasteiger partial charge in [0.1, 0.15) is 24.1 Å². The van der Waals surface area contributed by atoms with Gasteiger partial charge in [0, 0.05) is 6.54 Å². The summed E-state index contributed by atoms with van der Waals surface area (Å²) in [5, 5.41) is 3.01. The maximum absolute atomic E-state index is 13.6. The largest absolute Gasteiger partial charge is 0.493 e. The fraction of sp³-hybridized carbons (Fsp3) is 0.517. The quantitative estimate of drug-likeness (QED) is 0.472. The highest BCUT2D eigenvalue weighted by Crippen LogP contribution is 2.44. The molecule has 3 aromatic rings. The zero-order valence-electron chi connectivity index (χ0n) is 23.5. The third-order valence-corrected chi connectivity index (χ3v) is 7.36. The third-order valence-electron chi connectivity index (χ3n) is 7.36. The van der Waals surface area contributed by atoms with Crippen LogP contribution < -0.4 is 14.8 Å². The molecule has 6 rings (SSSR count). The van der Waals surface area contributed by atoms with Gasteiger partial charge in [-0.2, -0.15) is 0 Å². The van der Waals surface area contributed by atoms with Gasteiger partial charge in [-0.05, 0) is 57.5 Å². The Balaban J connectivity index is 1.24. The second kappa shape index (κ2) is 10.0. The second-order valence-electron chi connectivity index (χ2n) is 11.1. The van der Waals surface area contributed by atoms with Crippen LogP contribution in [0, 0.1) is 0 Å². The summed E-state index contributed by atoms with van der Waals surface area (Å²) < 4.78 is 43.3. The first-order valence-electron chi connectivity index (χ1n) is 13.4. The molecule has 11 nitrogen and oxygen atoms in total. The molecule has 5 atom stereocenters. The lowest BCUT2D eigenvalue weighted by Crippen LogP contribution is -2.59. The van der Waals surface area contributed by atoms with E-state index in [4.69, 9.17) is 38.1 Å². The fourth-order valence-electron chi connectivity index (χ4n) is 5.69. The van der Waals surface area contributed by atoms with E-state index in [-0.39, 0.29) is 12.5 Å². The predicted octanol–water partition coefficient (Wildman–Crippen LogP) is 3.11. The summed E-state index contributed by atoms with van der Waals surface area (Å²) in [5.41, 5.74) is 2.78. The van der Waals surface area contributed by atoms with Crippen LogP contribution in [0.4, 0.5) is 0 Å². The highest BCUT2D eigenvalue weighted by Gasteiger charge is 2.62. The Hall–Kier alpha value is -3.22. The number of imidazole rings is 1. The molecule has 0 saturated carbocycles. The van der Waals surface area contributed by atoms with Gasteiger partial charge in [0.05, 0.1) is 31.8 Å². The number of methoxy groups -OCH3 is 2. The minimum absolute atomic E-state index is 0.180. The molecule has 0 aliphatic carbocycles. The van der Waals surface area contributed by atoms with Crippen molar-refractivity contribution in [2.75, 3.05) is 14.2 Å². The molecule has 3 fully saturated rings. The van der Waals surface area contributed by atoms with Crippen molar-refractivity contribution in [1.29, 1.82) is 0 Å². The monoisotopic (exact) mass is 553 g/mol. The Morgan fingerprint density at radius 2 is 1.62 bits per heavy atom. The molecular weight excluding hydrogens is 518 g/mol. The van der Waals surface area contributed by atoms with Crippen LogP contribution >= 0.6 is 0 Å². The normalized spacial score (nSPS) is 28.2. The van der Waals surface area contributed by atoms with Crippen LogP contribution in [0.3, 0.4) is 0 Å². The van der Waals surface area contributed by atoms with Crippen molar-refractivity contribution < 1.29 is 38.0 Å². The Labute approximate surface area is 232 Å². The molecule has 2 aromatic carbocycles. The van der Waals surface area contributed by atoms with Gasteiger partial charge in [0.15, 0.2) is 35.5 Å². The molecule has 1 N–H and O–H groups in total. The van der Waals surface area contributed by atoms with Crippen LogP contribution in [-0.4, -0.2) is 72.0 Å². The number of benzene rings is 2. The van der Waals surface area contributed by atoms with Gasteiger partial charge in [-0.1, -0.05) is 18.2 Å². The molecule has 214 valence electrons. The maximum Gasteiger partial charge on any atom is 0.252 e. The van der Waals surface area contributed by atoms with Crippen molar-refractivity contribution in [3.63, 3.8) is 0 Å². The lowest BCUT2D eigenvalue weighted by Gasteiger charge is -2.36. The number of aromatic nitrogens is 2. The first-order chi connectivity index (χ1) is 19.1. The number of rotatable bonds is 7. The molecule has 3 aliphatic heterocycles. The number of hydrogen-bond donors (Lipinski definition) is 1. The number of carbonyl (C=O) groups excluding carboxylic acids is 1. The molecule has 3 saturated heterocycles. The van der Waals surface area contributed by atoms with Crippen molar-refractivity contribution in [1.82, 2.24) is 14.9 Å². The van der Waals surface area contributed by atoms with E-state index in [2.05, 4.69) is 9.88 Å².